The Hall–Kier alpha value is -0.340. The highest BCUT2D eigenvalue weighted by Gasteiger charge is 2.11. The fourth-order valence-electron chi connectivity index (χ4n) is 1.86. The maximum atomic E-state index is 9.83. The summed E-state index contributed by atoms with van der Waals surface area (Å²) in [5, 5.41) is 9.83. The second kappa shape index (κ2) is 7.02. The van der Waals surface area contributed by atoms with E-state index in [4.69, 9.17) is 4.74 Å². The first-order valence-corrected chi connectivity index (χ1v) is 5.79. The van der Waals surface area contributed by atoms with Crippen LogP contribution in [-0.2, 0) is 4.74 Å². The summed E-state index contributed by atoms with van der Waals surface area (Å²) in [4.78, 5) is 0. The van der Waals surface area contributed by atoms with Crippen LogP contribution in [0.4, 0.5) is 0 Å². The molecule has 82 valence electrons. The number of ether oxygens (including phenoxy) is 1. The quantitative estimate of drug-likeness (QED) is 0.704. The molecule has 0 radical (unpaired) electrons. The van der Waals surface area contributed by atoms with Crippen molar-refractivity contribution < 1.29 is 9.84 Å². The molecule has 1 unspecified atom stereocenters. The van der Waals surface area contributed by atoms with Gasteiger partial charge >= 0.3 is 0 Å². The van der Waals surface area contributed by atoms with E-state index in [1.807, 2.05) is 6.92 Å². The summed E-state index contributed by atoms with van der Waals surface area (Å²) >= 11 is 0. The summed E-state index contributed by atoms with van der Waals surface area (Å²) in [5.74, 6) is 0. The first-order valence-electron chi connectivity index (χ1n) is 5.79. The largest absolute Gasteiger partial charge is 0.386 e. The molecule has 0 aliphatic heterocycles. The van der Waals surface area contributed by atoms with Gasteiger partial charge in [-0.1, -0.05) is 18.9 Å². The molecule has 0 heterocycles. The van der Waals surface area contributed by atoms with Gasteiger partial charge < -0.3 is 9.84 Å². The van der Waals surface area contributed by atoms with Crippen LogP contribution in [0, 0.1) is 0 Å². The Morgan fingerprint density at radius 1 is 1.36 bits per heavy atom. The summed E-state index contributed by atoms with van der Waals surface area (Å²) in [6.07, 6.45) is 9.15. The molecule has 1 rings (SSSR count). The zero-order chi connectivity index (χ0) is 10.2. The highest BCUT2D eigenvalue weighted by Crippen LogP contribution is 2.19. The molecular weight excluding hydrogens is 176 g/mol. The third-order valence-corrected chi connectivity index (χ3v) is 2.73. The van der Waals surface area contributed by atoms with E-state index >= 15 is 0 Å². The van der Waals surface area contributed by atoms with Gasteiger partial charge in [-0.05, 0) is 38.2 Å². The minimum atomic E-state index is -0.368. The fraction of sp³-hybridized carbons (Fsp3) is 0.833. The SMILES string of the molecule is CCOCC(O)C1=CCCCCCC1. The summed E-state index contributed by atoms with van der Waals surface area (Å²) in [6.45, 7) is 3.10. The predicted molar refractivity (Wildman–Crippen MR) is 58.3 cm³/mol. The lowest BCUT2D eigenvalue weighted by Gasteiger charge is -2.17. The van der Waals surface area contributed by atoms with Crippen molar-refractivity contribution >= 4 is 0 Å². The van der Waals surface area contributed by atoms with Crippen LogP contribution < -0.4 is 0 Å². The molecule has 1 N–H and O–H groups in total. The number of rotatable bonds is 4. The van der Waals surface area contributed by atoms with Crippen molar-refractivity contribution in [1.29, 1.82) is 0 Å². The Bertz CT molecular complexity index is 175. The van der Waals surface area contributed by atoms with E-state index in [-0.39, 0.29) is 6.10 Å². The van der Waals surface area contributed by atoms with Gasteiger partial charge in [-0.3, -0.25) is 0 Å². The van der Waals surface area contributed by atoms with Crippen LogP contribution in [-0.4, -0.2) is 24.4 Å². The fourth-order valence-corrected chi connectivity index (χ4v) is 1.86. The van der Waals surface area contributed by atoms with E-state index in [2.05, 4.69) is 6.08 Å². The van der Waals surface area contributed by atoms with E-state index < -0.39 is 0 Å². The van der Waals surface area contributed by atoms with Crippen LogP contribution >= 0.6 is 0 Å². The smallest absolute Gasteiger partial charge is 0.0983 e. The number of hydrogen-bond acceptors (Lipinski definition) is 2. The molecule has 0 spiro atoms. The summed E-state index contributed by atoms with van der Waals surface area (Å²) in [7, 11) is 0. The molecule has 2 heteroatoms. The number of aliphatic hydroxyl groups excluding tert-OH is 1. The van der Waals surface area contributed by atoms with Crippen molar-refractivity contribution in [3.63, 3.8) is 0 Å². The molecule has 0 aromatic rings. The molecule has 2 nitrogen and oxygen atoms in total. The molecule has 0 fully saturated rings. The molecule has 14 heavy (non-hydrogen) atoms. The molecule has 0 aromatic heterocycles. The summed E-state index contributed by atoms with van der Waals surface area (Å²) < 4.78 is 5.23. The standard InChI is InChI=1S/C12H22O2/c1-2-14-10-12(13)11-8-6-4-3-5-7-9-11/h8,12-13H,2-7,9-10H2,1H3. The average molecular weight is 198 g/mol. The zero-order valence-electron chi connectivity index (χ0n) is 9.17. The van der Waals surface area contributed by atoms with Gasteiger partial charge in [0.25, 0.3) is 0 Å². The highest BCUT2D eigenvalue weighted by atomic mass is 16.5. The molecule has 0 saturated heterocycles. The van der Waals surface area contributed by atoms with Crippen molar-refractivity contribution in [2.45, 2.75) is 51.6 Å². The Morgan fingerprint density at radius 2 is 2.14 bits per heavy atom. The Morgan fingerprint density at radius 3 is 2.93 bits per heavy atom. The van der Waals surface area contributed by atoms with Gasteiger partial charge in [-0.25, -0.2) is 0 Å². The predicted octanol–water partition coefficient (Wildman–Crippen LogP) is 2.66. The van der Waals surface area contributed by atoms with Gasteiger partial charge in [-0.15, -0.1) is 0 Å². The first kappa shape index (κ1) is 11.7. The molecular formula is C12H22O2. The van der Waals surface area contributed by atoms with Crippen molar-refractivity contribution in [2.75, 3.05) is 13.2 Å². The highest BCUT2D eigenvalue weighted by molar-refractivity contribution is 5.08. The minimum Gasteiger partial charge on any atom is -0.386 e. The van der Waals surface area contributed by atoms with Crippen LogP contribution in [0.1, 0.15) is 45.4 Å². The van der Waals surface area contributed by atoms with Crippen LogP contribution in [0.15, 0.2) is 11.6 Å². The van der Waals surface area contributed by atoms with Gasteiger partial charge in [0.15, 0.2) is 0 Å². The van der Waals surface area contributed by atoms with Crippen LogP contribution in [0.2, 0.25) is 0 Å². The van der Waals surface area contributed by atoms with Crippen molar-refractivity contribution in [1.82, 2.24) is 0 Å². The molecule has 1 atom stereocenters. The monoisotopic (exact) mass is 198 g/mol. The van der Waals surface area contributed by atoms with Gasteiger partial charge in [0.05, 0.1) is 12.7 Å². The maximum absolute atomic E-state index is 9.83. The Kier molecular flexibility index (Phi) is 5.88. The summed E-state index contributed by atoms with van der Waals surface area (Å²) in [6, 6.07) is 0. The first-order chi connectivity index (χ1) is 6.84. The number of allylic oxidation sites excluding steroid dienone is 1. The zero-order valence-corrected chi connectivity index (χ0v) is 9.17. The molecule has 1 aliphatic carbocycles. The lowest BCUT2D eigenvalue weighted by Crippen LogP contribution is -2.18. The van der Waals surface area contributed by atoms with Crippen LogP contribution in [0.25, 0.3) is 0 Å². The summed E-state index contributed by atoms with van der Waals surface area (Å²) in [5.41, 5.74) is 1.19. The number of hydrogen-bond donors (Lipinski definition) is 1. The molecule has 1 aliphatic rings. The minimum absolute atomic E-state index is 0.368. The second-order valence-corrected chi connectivity index (χ2v) is 3.91. The molecule has 0 amide bonds. The lowest BCUT2D eigenvalue weighted by atomic mass is 9.97. The topological polar surface area (TPSA) is 29.5 Å². The lowest BCUT2D eigenvalue weighted by molar-refractivity contribution is 0.0591. The maximum Gasteiger partial charge on any atom is 0.0983 e. The normalized spacial score (nSPS) is 20.9. The van der Waals surface area contributed by atoms with Gasteiger partial charge in [0.1, 0.15) is 0 Å². The molecule has 0 aromatic carbocycles. The Labute approximate surface area is 87.0 Å². The number of aliphatic hydroxyl groups is 1. The third-order valence-electron chi connectivity index (χ3n) is 2.73. The van der Waals surface area contributed by atoms with E-state index in [9.17, 15) is 5.11 Å². The van der Waals surface area contributed by atoms with Gasteiger partial charge in [-0.2, -0.15) is 0 Å². The van der Waals surface area contributed by atoms with E-state index in [0.717, 1.165) is 12.8 Å². The van der Waals surface area contributed by atoms with Gasteiger partial charge in [0.2, 0.25) is 0 Å². The molecule has 0 saturated carbocycles. The Balaban J connectivity index is 2.37. The molecule has 0 bridgehead atoms. The van der Waals surface area contributed by atoms with Crippen molar-refractivity contribution in [3.8, 4) is 0 Å². The third kappa shape index (κ3) is 4.25. The van der Waals surface area contributed by atoms with E-state index in [1.165, 1.54) is 31.3 Å². The average Bonchev–Trinajstić information content (AvgIpc) is 2.13. The van der Waals surface area contributed by atoms with Gasteiger partial charge in [0, 0.05) is 6.61 Å². The van der Waals surface area contributed by atoms with Crippen LogP contribution in [0.5, 0.6) is 0 Å². The van der Waals surface area contributed by atoms with E-state index in [0.29, 0.717) is 13.2 Å². The van der Waals surface area contributed by atoms with Crippen molar-refractivity contribution in [2.24, 2.45) is 0 Å². The van der Waals surface area contributed by atoms with Crippen LogP contribution in [0.3, 0.4) is 0 Å². The second-order valence-electron chi connectivity index (χ2n) is 3.91. The van der Waals surface area contributed by atoms with E-state index in [1.54, 1.807) is 0 Å². The van der Waals surface area contributed by atoms with Crippen molar-refractivity contribution in [3.05, 3.63) is 11.6 Å².